The molecular weight excluding hydrogens is 144 g/mol. The fourth-order valence-corrected chi connectivity index (χ4v) is 0.762. The van der Waals surface area contributed by atoms with Crippen LogP contribution < -0.4 is 4.74 Å². The lowest BCUT2D eigenvalue weighted by molar-refractivity contribution is 0.130. The summed E-state index contributed by atoms with van der Waals surface area (Å²) < 4.78 is 10.0. The smallest absolute Gasteiger partial charge is 0.179 e. The molecule has 0 aromatic heterocycles. The van der Waals surface area contributed by atoms with Crippen molar-refractivity contribution in [2.24, 2.45) is 0 Å². The van der Waals surface area contributed by atoms with Crippen LogP contribution in [0.5, 0.6) is 5.75 Å². The molecule has 0 unspecified atom stereocenters. The Bertz CT molecular complexity index is 176. The zero-order valence-electron chi connectivity index (χ0n) is 5.91. The van der Waals surface area contributed by atoms with Crippen molar-refractivity contribution >= 4 is 10.5 Å². The van der Waals surface area contributed by atoms with Gasteiger partial charge in [-0.15, -0.1) is 0 Å². The lowest BCUT2D eigenvalue weighted by Crippen LogP contribution is -1.98. The van der Waals surface area contributed by atoms with Gasteiger partial charge >= 0.3 is 0 Å². The minimum Gasteiger partial charge on any atom is -0.469 e. The molecule has 0 saturated heterocycles. The highest BCUT2D eigenvalue weighted by atomic mass is 28.2. The zero-order chi connectivity index (χ0) is 7.23. The number of rotatable bonds is 3. The Morgan fingerprint density at radius 2 is 1.90 bits per heavy atom. The van der Waals surface area contributed by atoms with Crippen LogP contribution in [0.4, 0.5) is 0 Å². The molecule has 54 valence electrons. The molecule has 0 atom stereocenters. The van der Waals surface area contributed by atoms with Crippen LogP contribution in [-0.4, -0.2) is 17.3 Å². The number of para-hydroxylation sites is 1. The minimum absolute atomic E-state index is 0.371. The van der Waals surface area contributed by atoms with E-state index >= 15 is 0 Å². The van der Waals surface area contributed by atoms with Crippen molar-refractivity contribution < 1.29 is 9.16 Å². The molecule has 0 N–H and O–H groups in total. The van der Waals surface area contributed by atoms with Gasteiger partial charge in [-0.05, 0) is 12.1 Å². The van der Waals surface area contributed by atoms with Gasteiger partial charge in [0.05, 0.1) is 0 Å². The summed E-state index contributed by atoms with van der Waals surface area (Å²) in [6, 6.07) is 9.63. The van der Waals surface area contributed by atoms with Gasteiger partial charge in [0, 0.05) is 0 Å². The molecule has 0 saturated carbocycles. The Morgan fingerprint density at radius 1 is 1.20 bits per heavy atom. The Balaban J connectivity index is 2.43. The predicted molar refractivity (Wildman–Crippen MR) is 43.0 cm³/mol. The van der Waals surface area contributed by atoms with Gasteiger partial charge in [0.25, 0.3) is 0 Å². The highest BCUT2D eigenvalue weighted by Gasteiger charge is 1.86. The molecule has 0 amide bonds. The standard InChI is InChI=1S/C7H10O2Si/c10-9-6-8-7-4-2-1-3-5-7/h1-5H,6H2,10H3. The second kappa shape index (κ2) is 4.08. The van der Waals surface area contributed by atoms with E-state index < -0.39 is 0 Å². The van der Waals surface area contributed by atoms with E-state index in [1.54, 1.807) is 0 Å². The Hall–Kier alpha value is -0.803. The van der Waals surface area contributed by atoms with Gasteiger partial charge < -0.3 is 9.16 Å². The maximum atomic E-state index is 5.17. The molecule has 0 radical (unpaired) electrons. The fourth-order valence-electron chi connectivity index (χ4n) is 0.644. The Labute approximate surface area is 63.3 Å². The normalized spacial score (nSPS) is 9.60. The summed E-state index contributed by atoms with van der Waals surface area (Å²) in [4.78, 5) is 0. The molecule has 0 spiro atoms. The molecule has 0 aliphatic carbocycles. The van der Waals surface area contributed by atoms with Gasteiger partial charge in [0.2, 0.25) is 0 Å². The molecular formula is C7H10O2Si. The molecule has 10 heavy (non-hydrogen) atoms. The van der Waals surface area contributed by atoms with Crippen LogP contribution in [-0.2, 0) is 4.43 Å². The molecule has 0 aliphatic heterocycles. The second-order valence-electron chi connectivity index (χ2n) is 1.86. The van der Waals surface area contributed by atoms with E-state index in [0.717, 1.165) is 16.2 Å². The number of hydrogen-bond donors (Lipinski definition) is 0. The predicted octanol–water partition coefficient (Wildman–Crippen LogP) is 0.320. The summed E-state index contributed by atoms with van der Waals surface area (Å²) in [5.41, 5.74) is 0. The first kappa shape index (κ1) is 7.31. The third kappa shape index (κ3) is 2.20. The van der Waals surface area contributed by atoms with E-state index in [9.17, 15) is 0 Å². The molecule has 3 heteroatoms. The number of benzene rings is 1. The lowest BCUT2D eigenvalue weighted by atomic mass is 10.3. The summed E-state index contributed by atoms with van der Waals surface area (Å²) in [5.74, 6) is 0.860. The molecule has 0 aliphatic rings. The molecule has 0 heterocycles. The first-order valence-electron chi connectivity index (χ1n) is 3.10. The highest BCUT2D eigenvalue weighted by molar-refractivity contribution is 5.97. The van der Waals surface area contributed by atoms with Gasteiger partial charge in [-0.25, -0.2) is 0 Å². The average molecular weight is 154 g/mol. The minimum atomic E-state index is 0.371. The monoisotopic (exact) mass is 154 g/mol. The summed E-state index contributed by atoms with van der Waals surface area (Å²) >= 11 is 0. The maximum Gasteiger partial charge on any atom is 0.179 e. The van der Waals surface area contributed by atoms with Crippen molar-refractivity contribution in [3.8, 4) is 5.75 Å². The zero-order valence-corrected chi connectivity index (χ0v) is 7.91. The van der Waals surface area contributed by atoms with Crippen LogP contribution in [0.3, 0.4) is 0 Å². The van der Waals surface area contributed by atoms with E-state index in [0.29, 0.717) is 6.79 Å². The van der Waals surface area contributed by atoms with Crippen LogP contribution in [0, 0.1) is 0 Å². The van der Waals surface area contributed by atoms with Crippen molar-refractivity contribution in [1.29, 1.82) is 0 Å². The first-order chi connectivity index (χ1) is 4.93. The summed E-state index contributed by atoms with van der Waals surface area (Å²) in [5, 5.41) is 0. The topological polar surface area (TPSA) is 18.5 Å². The van der Waals surface area contributed by atoms with Crippen LogP contribution >= 0.6 is 0 Å². The number of hydrogen-bond acceptors (Lipinski definition) is 2. The van der Waals surface area contributed by atoms with Gasteiger partial charge in [-0.1, -0.05) is 18.2 Å². The van der Waals surface area contributed by atoms with E-state index in [1.807, 2.05) is 30.3 Å². The largest absolute Gasteiger partial charge is 0.469 e. The molecule has 1 aromatic carbocycles. The Kier molecular flexibility index (Phi) is 2.98. The third-order valence-electron chi connectivity index (χ3n) is 1.09. The SMILES string of the molecule is [SiH3]OCOc1ccccc1. The van der Waals surface area contributed by atoms with Crippen molar-refractivity contribution in [3.05, 3.63) is 30.3 Å². The second-order valence-corrected chi connectivity index (χ2v) is 2.44. The van der Waals surface area contributed by atoms with Crippen molar-refractivity contribution in [3.63, 3.8) is 0 Å². The highest BCUT2D eigenvalue weighted by Crippen LogP contribution is 2.07. The van der Waals surface area contributed by atoms with Crippen LogP contribution in [0.1, 0.15) is 0 Å². The molecule has 0 fully saturated rings. The first-order valence-corrected chi connectivity index (χ1v) is 3.92. The summed E-state index contributed by atoms with van der Waals surface area (Å²) in [6.07, 6.45) is 0. The van der Waals surface area contributed by atoms with Crippen molar-refractivity contribution in [2.45, 2.75) is 0 Å². The fraction of sp³-hybridized carbons (Fsp3) is 0.143. The van der Waals surface area contributed by atoms with E-state index in [4.69, 9.17) is 9.16 Å². The molecule has 1 aromatic rings. The Morgan fingerprint density at radius 3 is 2.50 bits per heavy atom. The number of ether oxygens (including phenoxy) is 1. The summed E-state index contributed by atoms with van der Waals surface area (Å²) in [6.45, 7) is 0.371. The van der Waals surface area contributed by atoms with Crippen LogP contribution in [0.15, 0.2) is 30.3 Å². The molecule has 2 nitrogen and oxygen atoms in total. The average Bonchev–Trinajstić information content (AvgIpc) is 2.03. The van der Waals surface area contributed by atoms with Gasteiger partial charge in [-0.3, -0.25) is 0 Å². The van der Waals surface area contributed by atoms with E-state index in [-0.39, 0.29) is 0 Å². The van der Waals surface area contributed by atoms with Crippen molar-refractivity contribution in [1.82, 2.24) is 0 Å². The van der Waals surface area contributed by atoms with Gasteiger partial charge in [-0.2, -0.15) is 0 Å². The molecule has 1 rings (SSSR count). The van der Waals surface area contributed by atoms with Crippen LogP contribution in [0.2, 0.25) is 0 Å². The summed E-state index contributed by atoms with van der Waals surface area (Å²) in [7, 11) is 0.725. The maximum absolute atomic E-state index is 5.17. The van der Waals surface area contributed by atoms with Gasteiger partial charge in [0.15, 0.2) is 6.79 Å². The quantitative estimate of drug-likeness (QED) is 0.461. The third-order valence-corrected chi connectivity index (χ3v) is 1.32. The lowest BCUT2D eigenvalue weighted by Gasteiger charge is -2.02. The van der Waals surface area contributed by atoms with E-state index in [1.165, 1.54) is 0 Å². The molecule has 0 bridgehead atoms. The van der Waals surface area contributed by atoms with Gasteiger partial charge in [0.1, 0.15) is 16.2 Å². The van der Waals surface area contributed by atoms with E-state index in [2.05, 4.69) is 0 Å². The van der Waals surface area contributed by atoms with Crippen LogP contribution in [0.25, 0.3) is 0 Å². The van der Waals surface area contributed by atoms with Crippen molar-refractivity contribution in [2.75, 3.05) is 6.79 Å².